The van der Waals surface area contributed by atoms with E-state index in [4.69, 9.17) is 0 Å². The van der Waals surface area contributed by atoms with Gasteiger partial charge in [-0.15, -0.1) is 0 Å². The van der Waals surface area contributed by atoms with Crippen LogP contribution in [0.15, 0.2) is 249 Å². The van der Waals surface area contributed by atoms with Gasteiger partial charge in [0.15, 0.2) is 8.07 Å². The molecule has 64 heavy (non-hydrogen) atoms. The third-order valence-electron chi connectivity index (χ3n) is 13.6. The molecule has 13 rings (SSSR count). The Labute approximate surface area is 372 Å². The highest BCUT2D eigenvalue weighted by Crippen LogP contribution is 2.41. The summed E-state index contributed by atoms with van der Waals surface area (Å²) in [5.74, 6) is 0. The van der Waals surface area contributed by atoms with Gasteiger partial charge in [-0.3, -0.25) is 0 Å². The van der Waals surface area contributed by atoms with Gasteiger partial charge in [0, 0.05) is 49.4 Å². The molecule has 0 saturated carbocycles. The van der Waals surface area contributed by atoms with Crippen molar-refractivity contribution >= 4 is 94.2 Å². The Bertz CT molecular complexity index is 3840. The van der Waals surface area contributed by atoms with Crippen LogP contribution in [0.2, 0.25) is 0 Å². The highest BCUT2D eigenvalue weighted by atomic mass is 28.3. The number of hydrogen-bond donors (Lipinski definition) is 0. The third kappa shape index (κ3) is 5.27. The zero-order chi connectivity index (χ0) is 42.2. The standard InChI is InChI=1S/C60H41N3Si/c1-5-20-42(21-6-1)61-55-33-16-15-32-51(55)54-41-48(36-39-58(54)61)64(45-25-9-3-10-26-45,46-27-11-4-12-28-46)47-29-19-24-44(40-47)63-57-35-18-14-31-50(57)53-38-37-52-49-30-13-17-34-56(49)62(59(52)60(53)63)43-22-7-2-8-23-43/h1-41H. The molecule has 0 fully saturated rings. The van der Waals surface area contributed by atoms with Crippen molar-refractivity contribution in [3.8, 4) is 17.1 Å². The number of para-hydroxylation sites is 5. The molecule has 10 aromatic carbocycles. The summed E-state index contributed by atoms with van der Waals surface area (Å²) in [7, 11) is -3.02. The highest BCUT2D eigenvalue weighted by Gasteiger charge is 2.42. The zero-order valence-electron chi connectivity index (χ0n) is 35.0. The summed E-state index contributed by atoms with van der Waals surface area (Å²) in [6.07, 6.45) is 0. The lowest BCUT2D eigenvalue weighted by Gasteiger charge is -2.35. The van der Waals surface area contributed by atoms with Gasteiger partial charge in [-0.1, -0.05) is 188 Å². The van der Waals surface area contributed by atoms with Crippen molar-refractivity contribution in [1.29, 1.82) is 0 Å². The minimum Gasteiger partial charge on any atom is -0.309 e. The smallest absolute Gasteiger partial charge is 0.179 e. The van der Waals surface area contributed by atoms with Crippen LogP contribution < -0.4 is 20.7 Å². The summed E-state index contributed by atoms with van der Waals surface area (Å²) in [5.41, 5.74) is 10.7. The number of benzene rings is 10. The lowest BCUT2D eigenvalue weighted by atomic mass is 10.1. The SMILES string of the molecule is c1ccc(-n2c3ccccc3c3cc([Si](c4ccccc4)(c4ccccc4)c4cccc(-n5c6ccccc6c6ccc7c8ccccc8n(-c8ccccc8)c7c65)c4)ccc32)cc1. The first-order valence-electron chi connectivity index (χ1n) is 22.1. The molecule has 0 saturated heterocycles. The number of hydrogen-bond acceptors (Lipinski definition) is 0. The second kappa shape index (κ2) is 14.5. The van der Waals surface area contributed by atoms with Crippen molar-refractivity contribution in [3.05, 3.63) is 249 Å². The van der Waals surface area contributed by atoms with Crippen LogP contribution in [0.4, 0.5) is 0 Å². The maximum atomic E-state index is 2.54. The van der Waals surface area contributed by atoms with E-state index in [1.54, 1.807) is 0 Å². The van der Waals surface area contributed by atoms with Gasteiger partial charge >= 0.3 is 0 Å². The van der Waals surface area contributed by atoms with Crippen molar-refractivity contribution in [2.75, 3.05) is 0 Å². The van der Waals surface area contributed by atoms with E-state index in [1.165, 1.54) is 86.2 Å². The van der Waals surface area contributed by atoms with Crippen molar-refractivity contribution in [2.45, 2.75) is 0 Å². The molecule has 13 aromatic rings. The maximum absolute atomic E-state index is 3.02. The van der Waals surface area contributed by atoms with E-state index in [9.17, 15) is 0 Å². The van der Waals surface area contributed by atoms with Gasteiger partial charge in [0.25, 0.3) is 0 Å². The summed E-state index contributed by atoms with van der Waals surface area (Å²) in [4.78, 5) is 0. The minimum absolute atomic E-state index is 1.14. The van der Waals surface area contributed by atoms with Crippen LogP contribution in [-0.4, -0.2) is 21.8 Å². The zero-order valence-corrected chi connectivity index (χ0v) is 36.0. The van der Waals surface area contributed by atoms with E-state index in [-0.39, 0.29) is 0 Å². The van der Waals surface area contributed by atoms with Crippen LogP contribution in [0.1, 0.15) is 0 Å². The molecule has 0 aliphatic heterocycles. The Morgan fingerprint density at radius 1 is 0.219 bits per heavy atom. The summed E-state index contributed by atoms with van der Waals surface area (Å²) in [5, 5.41) is 12.9. The molecule has 0 spiro atoms. The first-order valence-corrected chi connectivity index (χ1v) is 24.1. The fourth-order valence-electron chi connectivity index (χ4n) is 10.9. The van der Waals surface area contributed by atoms with Gasteiger partial charge in [-0.25, -0.2) is 0 Å². The molecule has 0 unspecified atom stereocenters. The van der Waals surface area contributed by atoms with E-state index in [1.807, 2.05) is 0 Å². The Morgan fingerprint density at radius 3 is 1.14 bits per heavy atom. The second-order valence-corrected chi connectivity index (χ2v) is 20.7. The average Bonchev–Trinajstić information content (AvgIpc) is 4.01. The first kappa shape index (κ1) is 36.5. The topological polar surface area (TPSA) is 14.8 Å². The molecule has 3 nitrogen and oxygen atoms in total. The molecule has 0 amide bonds. The monoisotopic (exact) mass is 831 g/mol. The fraction of sp³-hybridized carbons (Fsp3) is 0. The average molecular weight is 832 g/mol. The van der Waals surface area contributed by atoms with Gasteiger partial charge < -0.3 is 13.7 Å². The lowest BCUT2D eigenvalue weighted by molar-refractivity contribution is 1.15. The van der Waals surface area contributed by atoms with Crippen LogP contribution in [0.25, 0.3) is 82.5 Å². The molecule has 3 heterocycles. The van der Waals surface area contributed by atoms with E-state index in [0.29, 0.717) is 0 Å². The Kier molecular flexibility index (Phi) is 8.23. The Hall–Kier alpha value is -8.18. The van der Waals surface area contributed by atoms with Crippen molar-refractivity contribution in [2.24, 2.45) is 0 Å². The predicted molar refractivity (Wildman–Crippen MR) is 273 cm³/mol. The van der Waals surface area contributed by atoms with E-state index in [2.05, 4.69) is 262 Å². The molecule has 0 atom stereocenters. The van der Waals surface area contributed by atoms with E-state index in [0.717, 1.165) is 17.1 Å². The molecule has 0 N–H and O–H groups in total. The quantitative estimate of drug-likeness (QED) is 0.112. The summed E-state index contributed by atoms with van der Waals surface area (Å²) in [6, 6.07) is 92.4. The molecule has 0 aliphatic rings. The van der Waals surface area contributed by atoms with E-state index >= 15 is 0 Å². The van der Waals surface area contributed by atoms with Crippen molar-refractivity contribution < 1.29 is 0 Å². The van der Waals surface area contributed by atoms with E-state index < -0.39 is 8.07 Å². The first-order chi connectivity index (χ1) is 31.8. The van der Waals surface area contributed by atoms with Crippen LogP contribution in [0.5, 0.6) is 0 Å². The summed E-state index contributed by atoms with van der Waals surface area (Å²) in [6.45, 7) is 0. The molecule has 0 bridgehead atoms. The minimum atomic E-state index is -3.02. The highest BCUT2D eigenvalue weighted by molar-refractivity contribution is 7.20. The summed E-state index contributed by atoms with van der Waals surface area (Å²) >= 11 is 0. The van der Waals surface area contributed by atoms with Crippen LogP contribution >= 0.6 is 0 Å². The van der Waals surface area contributed by atoms with Gasteiger partial charge in [-0.2, -0.15) is 0 Å². The van der Waals surface area contributed by atoms with Gasteiger partial charge in [0.1, 0.15) is 0 Å². The number of rotatable bonds is 7. The van der Waals surface area contributed by atoms with Crippen molar-refractivity contribution in [1.82, 2.24) is 13.7 Å². The molecular formula is C60H41N3Si. The molecule has 0 radical (unpaired) electrons. The second-order valence-electron chi connectivity index (χ2n) is 16.9. The lowest BCUT2D eigenvalue weighted by Crippen LogP contribution is -2.74. The number of nitrogens with zero attached hydrogens (tertiary/aromatic N) is 3. The van der Waals surface area contributed by atoms with Gasteiger partial charge in [-0.05, 0) is 81.4 Å². The molecule has 300 valence electrons. The third-order valence-corrected chi connectivity index (χ3v) is 18.3. The normalized spacial score (nSPS) is 12.1. The maximum Gasteiger partial charge on any atom is 0.179 e. The Morgan fingerprint density at radius 2 is 0.594 bits per heavy atom. The van der Waals surface area contributed by atoms with Crippen molar-refractivity contribution in [3.63, 3.8) is 0 Å². The molecule has 3 aromatic heterocycles. The largest absolute Gasteiger partial charge is 0.309 e. The number of fused-ring (bicyclic) bond motifs is 10. The Balaban J connectivity index is 1.14. The summed E-state index contributed by atoms with van der Waals surface area (Å²) < 4.78 is 7.43. The van der Waals surface area contributed by atoms with Gasteiger partial charge in [0.2, 0.25) is 0 Å². The molecular weight excluding hydrogens is 791 g/mol. The van der Waals surface area contributed by atoms with Crippen LogP contribution in [-0.2, 0) is 0 Å². The molecule has 0 aliphatic carbocycles. The fourth-order valence-corrected chi connectivity index (χ4v) is 15.7. The van der Waals surface area contributed by atoms with Crippen LogP contribution in [0.3, 0.4) is 0 Å². The molecule has 4 heteroatoms. The predicted octanol–water partition coefficient (Wildman–Crippen LogP) is 12.4. The van der Waals surface area contributed by atoms with Crippen LogP contribution in [0, 0.1) is 0 Å². The number of aromatic nitrogens is 3. The van der Waals surface area contributed by atoms with Gasteiger partial charge in [0.05, 0.1) is 33.1 Å².